The number of carbonyl (C=O) groups is 3. The monoisotopic (exact) mass is 256 g/mol. The van der Waals surface area contributed by atoms with Crippen molar-refractivity contribution in [3.05, 3.63) is 0 Å². The number of nitrogens with zero attached hydrogens (tertiary/aromatic N) is 1. The molecule has 18 heavy (non-hydrogen) atoms. The number of hydrogen-bond donors (Lipinski definition) is 3. The zero-order valence-corrected chi connectivity index (χ0v) is 10.7. The number of rotatable bonds is 5. The van der Waals surface area contributed by atoms with Gasteiger partial charge in [-0.1, -0.05) is 0 Å². The Morgan fingerprint density at radius 2 is 2.11 bits per heavy atom. The number of likely N-dealkylation sites (N-methyl/N-ethyl adjacent to an activating group) is 1. The topological polar surface area (TPSA) is 105 Å². The normalized spacial score (nSPS) is 20.6. The van der Waals surface area contributed by atoms with Gasteiger partial charge in [0.1, 0.15) is 6.04 Å². The molecule has 0 aliphatic carbocycles. The van der Waals surface area contributed by atoms with E-state index < -0.39 is 11.9 Å². The van der Waals surface area contributed by atoms with E-state index >= 15 is 0 Å². The Morgan fingerprint density at radius 3 is 2.67 bits per heavy atom. The number of hydrogen-bond acceptors (Lipinski definition) is 4. The quantitative estimate of drug-likeness (QED) is 0.539. The molecule has 0 bridgehead atoms. The molecule has 7 nitrogen and oxygen atoms in total. The average molecular weight is 256 g/mol. The molecule has 3 amide bonds. The number of carbonyl (C=O) groups excluding carboxylic acids is 3. The number of nitrogens with two attached hydrogens (primary N) is 1. The van der Waals surface area contributed by atoms with Crippen molar-refractivity contribution >= 4 is 17.7 Å². The molecule has 1 aliphatic rings. The summed E-state index contributed by atoms with van der Waals surface area (Å²) < 4.78 is 0. The van der Waals surface area contributed by atoms with Gasteiger partial charge < -0.3 is 21.3 Å². The largest absolute Gasteiger partial charge is 0.368 e. The number of primary amides is 1. The van der Waals surface area contributed by atoms with Crippen molar-refractivity contribution in [1.82, 2.24) is 15.5 Å². The van der Waals surface area contributed by atoms with Crippen molar-refractivity contribution in [2.45, 2.75) is 31.8 Å². The van der Waals surface area contributed by atoms with Crippen LogP contribution in [0.2, 0.25) is 0 Å². The highest BCUT2D eigenvalue weighted by atomic mass is 16.2. The second-order valence-electron chi connectivity index (χ2n) is 4.38. The molecule has 0 saturated carbocycles. The van der Waals surface area contributed by atoms with E-state index in [-0.39, 0.29) is 24.4 Å². The van der Waals surface area contributed by atoms with Crippen LogP contribution in [0.5, 0.6) is 0 Å². The first kappa shape index (κ1) is 14.4. The fraction of sp³-hybridized carbons (Fsp3) is 0.727. The van der Waals surface area contributed by atoms with Gasteiger partial charge in [-0.25, -0.2) is 0 Å². The smallest absolute Gasteiger partial charge is 0.242 e. The highest BCUT2D eigenvalue weighted by Gasteiger charge is 2.32. The van der Waals surface area contributed by atoms with E-state index in [1.807, 2.05) is 0 Å². The van der Waals surface area contributed by atoms with E-state index in [4.69, 9.17) is 5.73 Å². The van der Waals surface area contributed by atoms with Gasteiger partial charge in [0.05, 0.1) is 12.6 Å². The van der Waals surface area contributed by atoms with Crippen LogP contribution in [0.1, 0.15) is 19.8 Å². The van der Waals surface area contributed by atoms with Crippen molar-refractivity contribution in [3.8, 4) is 0 Å². The summed E-state index contributed by atoms with van der Waals surface area (Å²) in [6.45, 7) is 2.11. The van der Waals surface area contributed by atoms with Gasteiger partial charge in [0.15, 0.2) is 0 Å². The maximum absolute atomic E-state index is 11.9. The van der Waals surface area contributed by atoms with Crippen LogP contribution in [0.25, 0.3) is 0 Å². The number of nitrogens with one attached hydrogen (secondary N) is 2. The third kappa shape index (κ3) is 3.43. The van der Waals surface area contributed by atoms with E-state index in [0.717, 1.165) is 6.42 Å². The lowest BCUT2D eigenvalue weighted by Gasteiger charge is -2.22. The van der Waals surface area contributed by atoms with E-state index in [0.29, 0.717) is 13.0 Å². The number of amides is 3. The van der Waals surface area contributed by atoms with Gasteiger partial charge in [-0.2, -0.15) is 0 Å². The zero-order valence-electron chi connectivity index (χ0n) is 10.7. The van der Waals surface area contributed by atoms with Crippen molar-refractivity contribution < 1.29 is 14.4 Å². The second-order valence-corrected chi connectivity index (χ2v) is 4.38. The third-order valence-corrected chi connectivity index (χ3v) is 3.14. The van der Waals surface area contributed by atoms with Gasteiger partial charge in [-0.3, -0.25) is 14.4 Å². The molecular weight excluding hydrogens is 236 g/mol. The number of likely N-dealkylation sites (tertiary alicyclic amines) is 1. The molecule has 4 N–H and O–H groups in total. The Labute approximate surface area is 106 Å². The summed E-state index contributed by atoms with van der Waals surface area (Å²) in [5.74, 6) is -1.01. The fourth-order valence-corrected chi connectivity index (χ4v) is 1.91. The predicted octanol–water partition coefficient (Wildman–Crippen LogP) is -1.81. The molecule has 7 heteroatoms. The van der Waals surface area contributed by atoms with Gasteiger partial charge in [0, 0.05) is 6.54 Å². The van der Waals surface area contributed by atoms with E-state index in [9.17, 15) is 14.4 Å². The first-order chi connectivity index (χ1) is 8.47. The Balaban J connectivity index is 2.46. The van der Waals surface area contributed by atoms with Crippen molar-refractivity contribution in [2.24, 2.45) is 5.73 Å². The van der Waals surface area contributed by atoms with E-state index in [2.05, 4.69) is 10.6 Å². The molecule has 1 aliphatic heterocycles. The maximum Gasteiger partial charge on any atom is 0.242 e. The molecule has 1 saturated heterocycles. The summed E-state index contributed by atoms with van der Waals surface area (Å²) in [5, 5.41) is 5.30. The molecular formula is C11H20N4O3. The van der Waals surface area contributed by atoms with Crippen LogP contribution in [-0.2, 0) is 14.4 Å². The minimum Gasteiger partial charge on any atom is -0.368 e. The summed E-state index contributed by atoms with van der Waals surface area (Å²) in [7, 11) is 1.66. The van der Waals surface area contributed by atoms with E-state index in [1.165, 1.54) is 4.90 Å². The Morgan fingerprint density at radius 1 is 1.44 bits per heavy atom. The van der Waals surface area contributed by atoms with Crippen LogP contribution in [0.15, 0.2) is 0 Å². The molecule has 0 aromatic heterocycles. The van der Waals surface area contributed by atoms with Crippen LogP contribution in [0.4, 0.5) is 0 Å². The standard InChI is InChI=1S/C11H20N4O3/c1-7(13-2)11(18)14-6-9(16)15-5-3-4-8(15)10(12)17/h7-8,13H,3-6H2,1-2H3,(H2,12,17)(H,14,18)/t7-,8-/m0/s1. The Bertz CT molecular complexity index is 345. The highest BCUT2D eigenvalue weighted by Crippen LogP contribution is 2.16. The average Bonchev–Trinajstić information content (AvgIpc) is 2.83. The Kier molecular flexibility index (Phi) is 5.08. The first-order valence-electron chi connectivity index (χ1n) is 6.01. The molecule has 102 valence electrons. The molecule has 1 fully saturated rings. The summed E-state index contributed by atoms with van der Waals surface area (Å²) in [6.07, 6.45) is 1.36. The van der Waals surface area contributed by atoms with Crippen molar-refractivity contribution in [1.29, 1.82) is 0 Å². The minimum atomic E-state index is -0.531. The van der Waals surface area contributed by atoms with Crippen LogP contribution >= 0.6 is 0 Å². The maximum atomic E-state index is 11.9. The molecule has 1 rings (SSSR count). The Hall–Kier alpha value is -1.63. The van der Waals surface area contributed by atoms with Gasteiger partial charge in [-0.05, 0) is 26.8 Å². The predicted molar refractivity (Wildman–Crippen MR) is 65.5 cm³/mol. The molecule has 0 unspecified atom stereocenters. The molecule has 2 atom stereocenters. The van der Waals surface area contributed by atoms with Gasteiger partial charge in [-0.15, -0.1) is 0 Å². The lowest BCUT2D eigenvalue weighted by molar-refractivity contribution is -0.137. The first-order valence-corrected chi connectivity index (χ1v) is 6.01. The zero-order chi connectivity index (χ0) is 13.7. The van der Waals surface area contributed by atoms with E-state index in [1.54, 1.807) is 14.0 Å². The van der Waals surface area contributed by atoms with Crippen LogP contribution in [-0.4, -0.2) is 54.8 Å². The second kappa shape index (κ2) is 6.34. The molecule has 0 aromatic rings. The minimum absolute atomic E-state index is 0.103. The SMILES string of the molecule is CN[C@@H](C)C(=O)NCC(=O)N1CCC[C@H]1C(N)=O. The summed E-state index contributed by atoms with van der Waals surface area (Å²) in [6, 6.07) is -0.889. The molecule has 0 radical (unpaired) electrons. The summed E-state index contributed by atoms with van der Waals surface area (Å²) in [5.41, 5.74) is 5.22. The van der Waals surface area contributed by atoms with Crippen LogP contribution < -0.4 is 16.4 Å². The molecule has 0 aromatic carbocycles. The summed E-state index contributed by atoms with van der Waals surface area (Å²) in [4.78, 5) is 35.9. The molecule has 1 heterocycles. The van der Waals surface area contributed by atoms with Crippen molar-refractivity contribution in [3.63, 3.8) is 0 Å². The molecule has 0 spiro atoms. The van der Waals surface area contributed by atoms with Gasteiger partial charge in [0.25, 0.3) is 0 Å². The van der Waals surface area contributed by atoms with Crippen molar-refractivity contribution in [2.75, 3.05) is 20.1 Å². The fourth-order valence-electron chi connectivity index (χ4n) is 1.91. The summed E-state index contributed by atoms with van der Waals surface area (Å²) >= 11 is 0. The third-order valence-electron chi connectivity index (χ3n) is 3.14. The van der Waals surface area contributed by atoms with Crippen LogP contribution in [0, 0.1) is 0 Å². The van der Waals surface area contributed by atoms with Gasteiger partial charge in [0.2, 0.25) is 17.7 Å². The van der Waals surface area contributed by atoms with Crippen LogP contribution in [0.3, 0.4) is 0 Å². The van der Waals surface area contributed by atoms with Gasteiger partial charge >= 0.3 is 0 Å². The lowest BCUT2D eigenvalue weighted by Crippen LogP contribution is -2.49. The lowest BCUT2D eigenvalue weighted by atomic mass is 10.2. The highest BCUT2D eigenvalue weighted by molar-refractivity contribution is 5.90.